The van der Waals surface area contributed by atoms with Crippen LogP contribution in [0.1, 0.15) is 5.56 Å². The Bertz CT molecular complexity index is 748. The lowest BCUT2D eigenvalue weighted by atomic mass is 10.1. The Morgan fingerprint density at radius 1 is 1.00 bits per heavy atom. The average Bonchev–Trinajstić information content (AvgIpc) is 2.39. The van der Waals surface area contributed by atoms with Gasteiger partial charge < -0.3 is 0 Å². The summed E-state index contributed by atoms with van der Waals surface area (Å²) in [7, 11) is 0. The quantitative estimate of drug-likeness (QED) is 0.563. The van der Waals surface area contributed by atoms with Crippen molar-refractivity contribution in [1.82, 2.24) is 4.98 Å². The summed E-state index contributed by atoms with van der Waals surface area (Å²) in [5.41, 5.74) is 4.02. The van der Waals surface area contributed by atoms with Crippen LogP contribution in [0.25, 0.3) is 22.2 Å². The zero-order valence-corrected chi connectivity index (χ0v) is 12.7. The fourth-order valence-corrected chi connectivity index (χ4v) is 3.13. The van der Waals surface area contributed by atoms with Crippen molar-refractivity contribution in [3.8, 4) is 11.3 Å². The van der Waals surface area contributed by atoms with E-state index in [1.54, 1.807) is 0 Å². The topological polar surface area (TPSA) is 12.9 Å². The Balaban J connectivity index is 2.29. The molecule has 0 atom stereocenters. The third-order valence-corrected chi connectivity index (χ3v) is 4.12. The first-order valence-corrected chi connectivity index (χ1v) is 7.14. The molecule has 0 saturated heterocycles. The molecule has 0 amide bonds. The first kappa shape index (κ1) is 12.6. The maximum Gasteiger partial charge on any atom is 0.0738 e. The molecule has 19 heavy (non-hydrogen) atoms. The van der Waals surface area contributed by atoms with Gasteiger partial charge in [-0.25, -0.2) is 4.98 Å². The maximum atomic E-state index is 6.29. The van der Waals surface area contributed by atoms with Gasteiger partial charge in [-0.2, -0.15) is 0 Å². The fraction of sp³-hybridized carbons (Fsp3) is 0.0625. The number of aromatic nitrogens is 1. The van der Waals surface area contributed by atoms with Gasteiger partial charge in [-0.05, 0) is 30.7 Å². The molecule has 0 aliphatic heterocycles. The van der Waals surface area contributed by atoms with Crippen LogP contribution in [0.4, 0.5) is 0 Å². The second-order valence-corrected chi connectivity index (χ2v) is 5.70. The summed E-state index contributed by atoms with van der Waals surface area (Å²) in [6.45, 7) is 2.07. The van der Waals surface area contributed by atoms with Crippen molar-refractivity contribution in [2.75, 3.05) is 0 Å². The first-order chi connectivity index (χ1) is 9.16. The van der Waals surface area contributed by atoms with Gasteiger partial charge in [-0.15, -0.1) is 0 Å². The number of hydrogen-bond acceptors (Lipinski definition) is 1. The van der Waals surface area contributed by atoms with Crippen molar-refractivity contribution >= 4 is 38.4 Å². The van der Waals surface area contributed by atoms with Gasteiger partial charge >= 0.3 is 0 Å². The van der Waals surface area contributed by atoms with E-state index in [1.807, 2.05) is 30.3 Å². The Morgan fingerprint density at radius 3 is 2.58 bits per heavy atom. The molecule has 0 fully saturated rings. The summed E-state index contributed by atoms with van der Waals surface area (Å²) in [6, 6.07) is 16.1. The number of pyridine rings is 1. The van der Waals surface area contributed by atoms with E-state index < -0.39 is 0 Å². The molecule has 1 aromatic heterocycles. The number of hydrogen-bond donors (Lipinski definition) is 0. The van der Waals surface area contributed by atoms with Gasteiger partial charge in [-0.3, -0.25) is 0 Å². The van der Waals surface area contributed by atoms with Crippen LogP contribution in [-0.4, -0.2) is 4.98 Å². The van der Waals surface area contributed by atoms with Crippen LogP contribution in [0.2, 0.25) is 5.02 Å². The molecule has 3 aromatic rings. The highest BCUT2D eigenvalue weighted by Gasteiger charge is 2.10. The van der Waals surface area contributed by atoms with Crippen molar-refractivity contribution in [2.45, 2.75) is 6.92 Å². The number of benzene rings is 2. The number of rotatable bonds is 1. The molecule has 0 bridgehead atoms. The van der Waals surface area contributed by atoms with Crippen LogP contribution < -0.4 is 0 Å². The Labute approximate surface area is 125 Å². The van der Waals surface area contributed by atoms with Gasteiger partial charge in [-0.1, -0.05) is 57.9 Å². The van der Waals surface area contributed by atoms with Crippen molar-refractivity contribution < 1.29 is 0 Å². The SMILES string of the molecule is Cc1cccc2ccc(-c3c(Cl)cccc3Br)nc12. The predicted octanol–water partition coefficient (Wildman–Crippen LogP) is 5.63. The lowest BCUT2D eigenvalue weighted by Gasteiger charge is -2.08. The van der Waals surface area contributed by atoms with Gasteiger partial charge in [0.05, 0.1) is 16.2 Å². The maximum absolute atomic E-state index is 6.29. The molecule has 1 heterocycles. The summed E-state index contributed by atoms with van der Waals surface area (Å²) in [5, 5.41) is 1.85. The van der Waals surface area contributed by atoms with Crippen LogP contribution in [0, 0.1) is 6.92 Å². The minimum absolute atomic E-state index is 0.704. The van der Waals surface area contributed by atoms with Gasteiger partial charge in [0.1, 0.15) is 0 Å². The Hall–Kier alpha value is -1.38. The summed E-state index contributed by atoms with van der Waals surface area (Å²) in [5.74, 6) is 0. The van der Waals surface area contributed by atoms with Crippen LogP contribution in [0.3, 0.4) is 0 Å². The van der Waals surface area contributed by atoms with E-state index in [4.69, 9.17) is 16.6 Å². The summed E-state index contributed by atoms with van der Waals surface area (Å²) in [6.07, 6.45) is 0. The second kappa shape index (κ2) is 4.95. The Morgan fingerprint density at radius 2 is 1.79 bits per heavy atom. The van der Waals surface area contributed by atoms with Gasteiger partial charge in [0.15, 0.2) is 0 Å². The van der Waals surface area contributed by atoms with E-state index in [-0.39, 0.29) is 0 Å². The standard InChI is InChI=1S/C16H11BrClN/c1-10-4-2-5-11-8-9-14(19-16(10)11)15-12(17)6-3-7-13(15)18/h2-9H,1H3. The predicted molar refractivity (Wildman–Crippen MR) is 84.6 cm³/mol. The molecule has 0 spiro atoms. The molecule has 3 rings (SSSR count). The summed E-state index contributed by atoms with van der Waals surface area (Å²) >= 11 is 9.83. The number of para-hydroxylation sites is 1. The highest BCUT2D eigenvalue weighted by atomic mass is 79.9. The van der Waals surface area contributed by atoms with Crippen molar-refractivity contribution in [3.05, 3.63) is 63.6 Å². The largest absolute Gasteiger partial charge is 0.247 e. The molecule has 0 unspecified atom stereocenters. The monoisotopic (exact) mass is 331 g/mol. The van der Waals surface area contributed by atoms with Crippen LogP contribution >= 0.6 is 27.5 Å². The molecule has 0 saturated carbocycles. The molecular formula is C16H11BrClN. The molecule has 0 aliphatic carbocycles. The third-order valence-electron chi connectivity index (χ3n) is 3.14. The van der Waals surface area contributed by atoms with Gasteiger partial charge in [0, 0.05) is 15.4 Å². The highest BCUT2D eigenvalue weighted by molar-refractivity contribution is 9.10. The number of halogens is 2. The lowest BCUT2D eigenvalue weighted by Crippen LogP contribution is -1.89. The van der Waals surface area contributed by atoms with Crippen molar-refractivity contribution in [3.63, 3.8) is 0 Å². The van der Waals surface area contributed by atoms with E-state index in [9.17, 15) is 0 Å². The molecule has 1 nitrogen and oxygen atoms in total. The molecule has 3 heteroatoms. The molecule has 0 aliphatic rings. The second-order valence-electron chi connectivity index (χ2n) is 4.44. The average molecular weight is 333 g/mol. The van der Waals surface area contributed by atoms with Crippen LogP contribution in [-0.2, 0) is 0 Å². The molecule has 2 aromatic carbocycles. The van der Waals surface area contributed by atoms with E-state index in [2.05, 4.69) is 41.1 Å². The van der Waals surface area contributed by atoms with Gasteiger partial charge in [0.2, 0.25) is 0 Å². The summed E-state index contributed by atoms with van der Waals surface area (Å²) in [4.78, 5) is 4.75. The van der Waals surface area contributed by atoms with Crippen molar-refractivity contribution in [1.29, 1.82) is 0 Å². The lowest BCUT2D eigenvalue weighted by molar-refractivity contribution is 1.35. The normalized spacial score (nSPS) is 10.9. The third kappa shape index (κ3) is 2.26. The van der Waals surface area contributed by atoms with Crippen LogP contribution in [0.5, 0.6) is 0 Å². The zero-order chi connectivity index (χ0) is 13.4. The van der Waals surface area contributed by atoms with E-state index >= 15 is 0 Å². The molecular weight excluding hydrogens is 322 g/mol. The molecule has 0 N–H and O–H groups in total. The first-order valence-electron chi connectivity index (χ1n) is 5.97. The number of aryl methyl sites for hydroxylation is 1. The number of fused-ring (bicyclic) bond motifs is 1. The fourth-order valence-electron chi connectivity index (χ4n) is 2.18. The summed E-state index contributed by atoms with van der Waals surface area (Å²) < 4.78 is 0.959. The Kier molecular flexibility index (Phi) is 3.29. The van der Waals surface area contributed by atoms with Gasteiger partial charge in [0.25, 0.3) is 0 Å². The smallest absolute Gasteiger partial charge is 0.0738 e. The van der Waals surface area contributed by atoms with Crippen LogP contribution in [0.15, 0.2) is 53.0 Å². The van der Waals surface area contributed by atoms with E-state index in [0.29, 0.717) is 5.02 Å². The minimum Gasteiger partial charge on any atom is -0.247 e. The molecule has 0 radical (unpaired) electrons. The van der Waals surface area contributed by atoms with E-state index in [1.165, 1.54) is 5.56 Å². The minimum atomic E-state index is 0.704. The van der Waals surface area contributed by atoms with E-state index in [0.717, 1.165) is 26.6 Å². The zero-order valence-electron chi connectivity index (χ0n) is 10.3. The number of nitrogens with zero attached hydrogens (tertiary/aromatic N) is 1. The van der Waals surface area contributed by atoms with Crippen molar-refractivity contribution in [2.24, 2.45) is 0 Å². The highest BCUT2D eigenvalue weighted by Crippen LogP contribution is 2.34. The molecule has 94 valence electrons.